The Bertz CT molecular complexity index is 847. The van der Waals surface area contributed by atoms with Crippen LogP contribution >= 0.6 is 0 Å². The molecule has 0 aliphatic heterocycles. The van der Waals surface area contributed by atoms with Crippen molar-refractivity contribution in [3.05, 3.63) is 89.6 Å². The van der Waals surface area contributed by atoms with Crippen LogP contribution in [0.4, 0.5) is 4.39 Å². The molecule has 2 aromatic carbocycles. The number of hydrogen-bond donors (Lipinski definition) is 1. The van der Waals surface area contributed by atoms with Crippen molar-refractivity contribution < 1.29 is 18.3 Å². The number of ether oxygens (including phenoxy) is 1. The first-order chi connectivity index (χ1) is 12.7. The van der Waals surface area contributed by atoms with Crippen LogP contribution in [-0.4, -0.2) is 13.0 Å². The number of carbonyl (C=O) groups is 1. The number of halogens is 1. The van der Waals surface area contributed by atoms with Gasteiger partial charge < -0.3 is 14.5 Å². The summed E-state index contributed by atoms with van der Waals surface area (Å²) in [5.41, 5.74) is 1.68. The molecule has 3 rings (SSSR count). The second-order valence-electron chi connectivity index (χ2n) is 5.90. The highest BCUT2D eigenvalue weighted by Gasteiger charge is 2.19. The molecule has 3 aromatic rings. The van der Waals surface area contributed by atoms with Crippen molar-refractivity contribution in [1.82, 2.24) is 5.32 Å². The van der Waals surface area contributed by atoms with Gasteiger partial charge in [0.25, 0.3) is 0 Å². The molecular weight excluding hydrogens is 333 g/mol. The Morgan fingerprint density at radius 1 is 1.15 bits per heavy atom. The van der Waals surface area contributed by atoms with Gasteiger partial charge in [0.1, 0.15) is 11.8 Å². The van der Waals surface area contributed by atoms with Gasteiger partial charge in [-0.05, 0) is 41.8 Å². The number of furan rings is 1. The number of aryl methyl sites for hydroxylation is 1. The van der Waals surface area contributed by atoms with Crippen LogP contribution in [0.15, 0.2) is 71.3 Å². The molecule has 0 spiro atoms. The number of benzene rings is 2. The van der Waals surface area contributed by atoms with Gasteiger partial charge in [0.15, 0.2) is 11.6 Å². The summed E-state index contributed by atoms with van der Waals surface area (Å²) in [6.45, 7) is 0. The minimum absolute atomic E-state index is 0.133. The fourth-order valence-electron chi connectivity index (χ4n) is 2.78. The lowest BCUT2D eigenvalue weighted by Crippen LogP contribution is -2.29. The summed E-state index contributed by atoms with van der Waals surface area (Å²) in [5.74, 6) is 0.301. The summed E-state index contributed by atoms with van der Waals surface area (Å²) in [7, 11) is 1.42. The fourth-order valence-corrected chi connectivity index (χ4v) is 2.78. The molecular formula is C21H20FNO3. The zero-order valence-electron chi connectivity index (χ0n) is 14.4. The Hall–Kier alpha value is -3.08. The highest BCUT2D eigenvalue weighted by Crippen LogP contribution is 2.23. The largest absolute Gasteiger partial charge is 0.494 e. The van der Waals surface area contributed by atoms with E-state index in [0.717, 1.165) is 11.1 Å². The van der Waals surface area contributed by atoms with Crippen LogP contribution < -0.4 is 10.1 Å². The van der Waals surface area contributed by atoms with Gasteiger partial charge in [0.2, 0.25) is 5.91 Å². The van der Waals surface area contributed by atoms with E-state index in [1.54, 1.807) is 24.5 Å². The van der Waals surface area contributed by atoms with Gasteiger partial charge in [-0.25, -0.2) is 4.39 Å². The molecule has 0 aliphatic rings. The average Bonchev–Trinajstić information content (AvgIpc) is 3.19. The second kappa shape index (κ2) is 8.34. The molecule has 134 valence electrons. The van der Waals surface area contributed by atoms with E-state index < -0.39 is 5.82 Å². The molecule has 1 atom stereocenters. The van der Waals surface area contributed by atoms with E-state index in [0.29, 0.717) is 12.2 Å². The Morgan fingerprint density at radius 2 is 1.96 bits per heavy atom. The summed E-state index contributed by atoms with van der Waals surface area (Å²) in [5, 5.41) is 2.99. The van der Waals surface area contributed by atoms with Crippen LogP contribution in [0, 0.1) is 5.82 Å². The van der Waals surface area contributed by atoms with Gasteiger partial charge in [-0.1, -0.05) is 36.4 Å². The Morgan fingerprint density at radius 3 is 2.62 bits per heavy atom. The third-order valence-electron chi connectivity index (χ3n) is 4.12. The van der Waals surface area contributed by atoms with Crippen LogP contribution in [0.1, 0.15) is 29.3 Å². The fraction of sp³-hybridized carbons (Fsp3) is 0.190. The molecule has 0 saturated carbocycles. The molecule has 26 heavy (non-hydrogen) atoms. The van der Waals surface area contributed by atoms with Gasteiger partial charge in [-0.15, -0.1) is 0 Å². The van der Waals surface area contributed by atoms with E-state index in [2.05, 4.69) is 5.32 Å². The minimum Gasteiger partial charge on any atom is -0.494 e. The van der Waals surface area contributed by atoms with Gasteiger partial charge in [-0.3, -0.25) is 4.79 Å². The maximum atomic E-state index is 13.8. The highest BCUT2D eigenvalue weighted by molar-refractivity contribution is 5.77. The van der Waals surface area contributed by atoms with Crippen molar-refractivity contribution in [3.8, 4) is 5.75 Å². The molecule has 1 heterocycles. The standard InChI is InChI=1S/C21H20FNO3/c1-25-18-11-9-15(14-17(18)22)10-12-20(24)23-21(19-8-5-13-26-19)16-6-3-2-4-7-16/h2-9,11,13-14,21H,10,12H2,1H3,(H,23,24). The van der Waals surface area contributed by atoms with Gasteiger partial charge in [-0.2, -0.15) is 0 Å². The first-order valence-electron chi connectivity index (χ1n) is 8.37. The molecule has 1 unspecified atom stereocenters. The van der Waals surface area contributed by atoms with Crippen molar-refractivity contribution in [2.45, 2.75) is 18.9 Å². The van der Waals surface area contributed by atoms with Crippen molar-refractivity contribution in [3.63, 3.8) is 0 Å². The number of amides is 1. The molecule has 0 aliphatic carbocycles. The van der Waals surface area contributed by atoms with Gasteiger partial charge in [0.05, 0.1) is 13.4 Å². The Labute approximate surface area is 151 Å². The summed E-state index contributed by atoms with van der Waals surface area (Å²) in [6.07, 6.45) is 2.26. The number of methoxy groups -OCH3 is 1. The second-order valence-corrected chi connectivity index (χ2v) is 5.90. The molecule has 1 amide bonds. The third kappa shape index (κ3) is 4.30. The van der Waals surface area contributed by atoms with E-state index in [4.69, 9.17) is 9.15 Å². The van der Waals surface area contributed by atoms with E-state index in [9.17, 15) is 9.18 Å². The number of rotatable bonds is 7. The Balaban J connectivity index is 1.66. The van der Waals surface area contributed by atoms with E-state index in [1.807, 2.05) is 36.4 Å². The van der Waals surface area contributed by atoms with E-state index in [1.165, 1.54) is 13.2 Å². The quantitative estimate of drug-likeness (QED) is 0.690. The summed E-state index contributed by atoms with van der Waals surface area (Å²) in [6, 6.07) is 17.6. The van der Waals surface area contributed by atoms with Crippen molar-refractivity contribution in [2.24, 2.45) is 0 Å². The summed E-state index contributed by atoms with van der Waals surface area (Å²) >= 11 is 0. The molecule has 0 fully saturated rings. The number of hydrogen-bond acceptors (Lipinski definition) is 3. The average molecular weight is 353 g/mol. The van der Waals surface area contributed by atoms with Crippen molar-refractivity contribution in [1.29, 1.82) is 0 Å². The lowest BCUT2D eigenvalue weighted by molar-refractivity contribution is -0.121. The highest BCUT2D eigenvalue weighted by atomic mass is 19.1. The van der Waals surface area contributed by atoms with Crippen LogP contribution in [0.2, 0.25) is 0 Å². The zero-order chi connectivity index (χ0) is 18.4. The van der Waals surface area contributed by atoms with Crippen molar-refractivity contribution in [2.75, 3.05) is 7.11 Å². The molecule has 4 nitrogen and oxygen atoms in total. The number of nitrogens with one attached hydrogen (secondary N) is 1. The smallest absolute Gasteiger partial charge is 0.221 e. The van der Waals surface area contributed by atoms with Gasteiger partial charge in [0, 0.05) is 6.42 Å². The maximum Gasteiger partial charge on any atom is 0.221 e. The third-order valence-corrected chi connectivity index (χ3v) is 4.12. The topological polar surface area (TPSA) is 51.5 Å². The molecule has 0 saturated heterocycles. The SMILES string of the molecule is COc1ccc(CCC(=O)NC(c2ccccc2)c2ccco2)cc1F. The number of carbonyl (C=O) groups excluding carboxylic acids is 1. The first kappa shape index (κ1) is 17.7. The van der Waals surface area contributed by atoms with Crippen LogP contribution in [0.5, 0.6) is 5.75 Å². The minimum atomic E-state index is -0.428. The maximum absolute atomic E-state index is 13.8. The predicted molar refractivity (Wildman–Crippen MR) is 96.4 cm³/mol. The molecule has 5 heteroatoms. The van der Waals surface area contributed by atoms with Crippen LogP contribution in [0.3, 0.4) is 0 Å². The lowest BCUT2D eigenvalue weighted by atomic mass is 10.0. The first-order valence-corrected chi connectivity index (χ1v) is 8.37. The normalized spacial score (nSPS) is 11.8. The summed E-state index contributed by atoms with van der Waals surface area (Å²) in [4.78, 5) is 12.4. The molecule has 1 aromatic heterocycles. The monoisotopic (exact) mass is 353 g/mol. The molecule has 0 bridgehead atoms. The lowest BCUT2D eigenvalue weighted by Gasteiger charge is -2.17. The van der Waals surface area contributed by atoms with Gasteiger partial charge >= 0.3 is 0 Å². The van der Waals surface area contributed by atoms with Crippen LogP contribution in [-0.2, 0) is 11.2 Å². The van der Waals surface area contributed by atoms with Crippen molar-refractivity contribution >= 4 is 5.91 Å². The predicted octanol–water partition coefficient (Wildman–Crippen LogP) is 4.27. The van der Waals surface area contributed by atoms with E-state index >= 15 is 0 Å². The van der Waals surface area contributed by atoms with Crippen LogP contribution in [0.25, 0.3) is 0 Å². The molecule has 1 N–H and O–H groups in total. The Kier molecular flexibility index (Phi) is 5.69. The summed E-state index contributed by atoms with van der Waals surface area (Å²) < 4.78 is 24.1. The van der Waals surface area contributed by atoms with E-state index in [-0.39, 0.29) is 24.1 Å². The molecule has 0 radical (unpaired) electrons. The zero-order valence-corrected chi connectivity index (χ0v) is 14.4.